The highest BCUT2D eigenvalue weighted by molar-refractivity contribution is 7.07. The maximum Gasteiger partial charge on any atom is 0.318 e. The molecule has 0 radical (unpaired) electrons. The van der Waals surface area contributed by atoms with E-state index in [4.69, 9.17) is 0 Å². The number of aromatic nitrogens is 2. The number of urea groups is 1. The largest absolute Gasteiger partial charge is 0.335 e. The fourth-order valence-electron chi connectivity index (χ4n) is 2.87. The SMILES string of the molecule is CC(Cn1ccnc1)NC(=O)N1CCCC1c1ccsc1. The van der Waals surface area contributed by atoms with Crippen LogP contribution in [0.15, 0.2) is 35.5 Å². The van der Waals surface area contributed by atoms with Crippen molar-refractivity contribution in [1.29, 1.82) is 0 Å². The summed E-state index contributed by atoms with van der Waals surface area (Å²) in [5.74, 6) is 0. The molecule has 21 heavy (non-hydrogen) atoms. The van der Waals surface area contributed by atoms with Crippen LogP contribution >= 0.6 is 11.3 Å². The van der Waals surface area contributed by atoms with Crippen LogP contribution in [0.2, 0.25) is 0 Å². The number of likely N-dealkylation sites (tertiary alicyclic amines) is 1. The second kappa shape index (κ2) is 6.30. The van der Waals surface area contributed by atoms with Crippen LogP contribution in [0.1, 0.15) is 31.4 Å². The van der Waals surface area contributed by atoms with E-state index >= 15 is 0 Å². The average Bonchev–Trinajstić information content (AvgIpc) is 3.20. The summed E-state index contributed by atoms with van der Waals surface area (Å²) in [4.78, 5) is 18.5. The van der Waals surface area contributed by atoms with Gasteiger partial charge in [-0.25, -0.2) is 9.78 Å². The van der Waals surface area contributed by atoms with Gasteiger partial charge in [-0.2, -0.15) is 11.3 Å². The van der Waals surface area contributed by atoms with Crippen LogP contribution < -0.4 is 5.32 Å². The van der Waals surface area contributed by atoms with Crippen LogP contribution in [0, 0.1) is 0 Å². The molecule has 1 aliphatic rings. The minimum Gasteiger partial charge on any atom is -0.335 e. The van der Waals surface area contributed by atoms with Crippen molar-refractivity contribution in [3.63, 3.8) is 0 Å². The first-order chi connectivity index (χ1) is 10.2. The van der Waals surface area contributed by atoms with E-state index in [0.717, 1.165) is 25.9 Å². The van der Waals surface area contributed by atoms with Crippen LogP contribution in [-0.4, -0.2) is 33.1 Å². The number of carbonyl (C=O) groups is 1. The fraction of sp³-hybridized carbons (Fsp3) is 0.467. The fourth-order valence-corrected chi connectivity index (χ4v) is 3.58. The van der Waals surface area contributed by atoms with Crippen molar-refractivity contribution in [1.82, 2.24) is 19.8 Å². The minimum atomic E-state index is 0.0383. The molecule has 0 spiro atoms. The molecule has 112 valence electrons. The Morgan fingerprint density at radius 3 is 3.24 bits per heavy atom. The molecule has 2 amide bonds. The highest BCUT2D eigenvalue weighted by Gasteiger charge is 2.30. The molecule has 2 aromatic heterocycles. The number of rotatable bonds is 4. The predicted molar refractivity (Wildman–Crippen MR) is 83.2 cm³/mol. The molecule has 0 aliphatic carbocycles. The first-order valence-electron chi connectivity index (χ1n) is 7.29. The molecule has 0 aromatic carbocycles. The smallest absolute Gasteiger partial charge is 0.318 e. The Hall–Kier alpha value is -1.82. The monoisotopic (exact) mass is 304 g/mol. The third kappa shape index (κ3) is 3.26. The van der Waals surface area contributed by atoms with E-state index in [1.807, 2.05) is 22.6 Å². The number of hydrogen-bond acceptors (Lipinski definition) is 3. The lowest BCUT2D eigenvalue weighted by atomic mass is 10.1. The van der Waals surface area contributed by atoms with E-state index in [1.54, 1.807) is 23.9 Å². The molecule has 0 bridgehead atoms. The first-order valence-corrected chi connectivity index (χ1v) is 8.23. The zero-order valence-corrected chi connectivity index (χ0v) is 12.9. The van der Waals surface area contributed by atoms with E-state index in [9.17, 15) is 4.79 Å². The van der Waals surface area contributed by atoms with Gasteiger partial charge in [0.25, 0.3) is 0 Å². The van der Waals surface area contributed by atoms with Crippen LogP contribution in [-0.2, 0) is 6.54 Å². The predicted octanol–water partition coefficient (Wildman–Crippen LogP) is 2.88. The average molecular weight is 304 g/mol. The summed E-state index contributed by atoms with van der Waals surface area (Å²) in [5, 5.41) is 7.31. The van der Waals surface area contributed by atoms with Crippen molar-refractivity contribution in [3.05, 3.63) is 41.1 Å². The van der Waals surface area contributed by atoms with Crippen LogP contribution in [0.25, 0.3) is 0 Å². The van der Waals surface area contributed by atoms with E-state index in [0.29, 0.717) is 0 Å². The van der Waals surface area contributed by atoms with Crippen LogP contribution in [0.5, 0.6) is 0 Å². The molecule has 2 atom stereocenters. The van der Waals surface area contributed by atoms with Gasteiger partial charge >= 0.3 is 6.03 Å². The van der Waals surface area contributed by atoms with Gasteiger partial charge in [-0.1, -0.05) is 0 Å². The topological polar surface area (TPSA) is 50.2 Å². The van der Waals surface area contributed by atoms with Crippen molar-refractivity contribution in [3.8, 4) is 0 Å². The number of nitrogens with zero attached hydrogens (tertiary/aromatic N) is 3. The summed E-state index contributed by atoms with van der Waals surface area (Å²) in [6, 6.07) is 2.47. The van der Waals surface area contributed by atoms with Gasteiger partial charge in [0.1, 0.15) is 0 Å². The van der Waals surface area contributed by atoms with E-state index in [-0.39, 0.29) is 18.1 Å². The normalized spacial score (nSPS) is 19.7. The number of imidazole rings is 1. The van der Waals surface area contributed by atoms with Crippen molar-refractivity contribution in [2.75, 3.05) is 6.54 Å². The quantitative estimate of drug-likeness (QED) is 0.944. The summed E-state index contributed by atoms with van der Waals surface area (Å²) in [7, 11) is 0. The molecule has 5 nitrogen and oxygen atoms in total. The maximum absolute atomic E-state index is 12.5. The third-order valence-electron chi connectivity index (χ3n) is 3.86. The summed E-state index contributed by atoms with van der Waals surface area (Å²) in [6.07, 6.45) is 7.56. The molecule has 3 rings (SSSR count). The molecule has 1 aliphatic heterocycles. The molecule has 1 saturated heterocycles. The zero-order valence-electron chi connectivity index (χ0n) is 12.1. The van der Waals surface area contributed by atoms with E-state index < -0.39 is 0 Å². The lowest BCUT2D eigenvalue weighted by Crippen LogP contribution is -2.44. The van der Waals surface area contributed by atoms with Gasteiger partial charge in [0.15, 0.2) is 0 Å². The molecule has 1 N–H and O–H groups in total. The second-order valence-electron chi connectivity index (χ2n) is 5.52. The Morgan fingerprint density at radius 2 is 2.52 bits per heavy atom. The Balaban J connectivity index is 1.59. The highest BCUT2D eigenvalue weighted by atomic mass is 32.1. The first kappa shape index (κ1) is 14.1. The second-order valence-corrected chi connectivity index (χ2v) is 6.30. The van der Waals surface area contributed by atoms with Gasteiger partial charge in [-0.15, -0.1) is 0 Å². The standard InChI is InChI=1S/C15H20N4OS/c1-12(9-18-7-5-16-11-18)17-15(20)19-6-2-3-14(19)13-4-8-21-10-13/h4-5,7-8,10-12,14H,2-3,6,9H2,1H3,(H,17,20). The Labute approximate surface area is 128 Å². The van der Waals surface area contributed by atoms with Gasteiger partial charge < -0.3 is 14.8 Å². The summed E-state index contributed by atoms with van der Waals surface area (Å²) in [5.41, 5.74) is 1.26. The van der Waals surface area contributed by atoms with Crippen molar-refractivity contribution in [2.24, 2.45) is 0 Å². The van der Waals surface area contributed by atoms with Gasteiger partial charge in [0.05, 0.1) is 12.4 Å². The third-order valence-corrected chi connectivity index (χ3v) is 4.56. The molecule has 6 heteroatoms. The zero-order chi connectivity index (χ0) is 14.7. The Morgan fingerprint density at radius 1 is 1.62 bits per heavy atom. The van der Waals surface area contributed by atoms with Gasteiger partial charge in [-0.05, 0) is 42.2 Å². The van der Waals surface area contributed by atoms with E-state index in [1.165, 1.54) is 5.56 Å². The molecule has 2 unspecified atom stereocenters. The van der Waals surface area contributed by atoms with E-state index in [2.05, 4.69) is 27.1 Å². The van der Waals surface area contributed by atoms with Crippen LogP contribution in [0.3, 0.4) is 0 Å². The molecule has 0 saturated carbocycles. The van der Waals surface area contributed by atoms with Gasteiger partial charge in [0.2, 0.25) is 0 Å². The molecule has 2 aromatic rings. The number of hydrogen-bond donors (Lipinski definition) is 1. The summed E-state index contributed by atoms with van der Waals surface area (Å²) in [6.45, 7) is 3.60. The molecular weight excluding hydrogens is 284 g/mol. The highest BCUT2D eigenvalue weighted by Crippen LogP contribution is 2.32. The van der Waals surface area contributed by atoms with Crippen molar-refractivity contribution in [2.45, 2.75) is 38.4 Å². The number of amides is 2. The van der Waals surface area contributed by atoms with Crippen LogP contribution in [0.4, 0.5) is 4.79 Å². The molecule has 1 fully saturated rings. The molecule has 3 heterocycles. The summed E-state index contributed by atoms with van der Waals surface area (Å²) < 4.78 is 1.98. The lowest BCUT2D eigenvalue weighted by molar-refractivity contribution is 0.188. The Kier molecular flexibility index (Phi) is 4.24. The number of nitrogens with one attached hydrogen (secondary N) is 1. The lowest BCUT2D eigenvalue weighted by Gasteiger charge is -2.26. The van der Waals surface area contributed by atoms with Crippen molar-refractivity contribution >= 4 is 17.4 Å². The summed E-state index contributed by atoms with van der Waals surface area (Å²) >= 11 is 1.69. The maximum atomic E-state index is 12.5. The Bertz CT molecular complexity index is 567. The van der Waals surface area contributed by atoms with Gasteiger partial charge in [0, 0.05) is 31.5 Å². The van der Waals surface area contributed by atoms with Gasteiger partial charge in [-0.3, -0.25) is 0 Å². The number of thiophene rings is 1. The minimum absolute atomic E-state index is 0.0383. The molecular formula is C15H20N4OS. The van der Waals surface area contributed by atoms with Crippen molar-refractivity contribution < 1.29 is 4.79 Å². The number of carbonyl (C=O) groups excluding carboxylic acids is 1.